The lowest BCUT2D eigenvalue weighted by atomic mass is 10.0. The fraction of sp³-hybridized carbons (Fsp3) is 0.385. The van der Waals surface area contributed by atoms with Crippen LogP contribution >= 0.6 is 0 Å². The normalized spacial score (nSPS) is 23.5. The summed E-state index contributed by atoms with van der Waals surface area (Å²) in [5.74, 6) is -1.13. The monoisotopic (exact) mass is 312 g/mol. The van der Waals surface area contributed by atoms with Crippen LogP contribution in [0.1, 0.15) is 23.7 Å². The summed E-state index contributed by atoms with van der Waals surface area (Å²) in [6.07, 6.45) is 0.359. The highest BCUT2D eigenvalue weighted by atomic mass is 32.2. The topological polar surface area (TPSA) is 113 Å². The predicted molar refractivity (Wildman–Crippen MR) is 77.2 cm³/mol. The molecule has 1 aliphatic heterocycles. The first-order valence-corrected chi connectivity index (χ1v) is 8.14. The smallest absolute Gasteiger partial charge is 0.335 e. The number of hydrogen-bond acceptors (Lipinski definition) is 4. The quantitative estimate of drug-likeness (QED) is 0.773. The predicted octanol–water partition coefficient (Wildman–Crippen LogP) is 1.08. The second-order valence-corrected chi connectivity index (χ2v) is 7.55. The van der Waals surface area contributed by atoms with Crippen molar-refractivity contribution in [2.24, 2.45) is 0 Å². The average Bonchev–Trinajstić information content (AvgIpc) is 2.63. The number of hydrogen-bond donors (Lipinski definition) is 3. The molecule has 0 spiro atoms. The molecule has 114 valence electrons. The third-order valence-electron chi connectivity index (χ3n) is 3.29. The Kier molecular flexibility index (Phi) is 3.91. The van der Waals surface area contributed by atoms with Gasteiger partial charge in [0.05, 0.1) is 22.6 Å². The summed E-state index contributed by atoms with van der Waals surface area (Å²) in [6.45, 7) is 1.67. The van der Waals surface area contributed by atoms with Gasteiger partial charge in [-0.05, 0) is 31.5 Å². The van der Waals surface area contributed by atoms with Crippen LogP contribution in [0.3, 0.4) is 0 Å². The number of anilines is 1. The fourth-order valence-electron chi connectivity index (χ4n) is 2.28. The van der Waals surface area contributed by atoms with Crippen LogP contribution in [0.25, 0.3) is 0 Å². The van der Waals surface area contributed by atoms with Crippen molar-refractivity contribution < 1.29 is 23.1 Å². The highest BCUT2D eigenvalue weighted by Gasteiger charge is 2.39. The number of carboxylic acid groups (broad SMARTS) is 1. The van der Waals surface area contributed by atoms with Crippen LogP contribution in [-0.2, 0) is 9.84 Å². The number of carbonyl (C=O) groups excluding carboxylic acids is 1. The molecule has 7 nitrogen and oxygen atoms in total. The van der Waals surface area contributed by atoms with Gasteiger partial charge in [0.1, 0.15) is 0 Å². The molecule has 1 aliphatic rings. The number of carbonyl (C=O) groups is 2. The van der Waals surface area contributed by atoms with Crippen LogP contribution in [0.15, 0.2) is 24.3 Å². The van der Waals surface area contributed by atoms with E-state index in [0.29, 0.717) is 12.1 Å². The Morgan fingerprint density at radius 3 is 2.62 bits per heavy atom. The zero-order chi connectivity index (χ0) is 15.7. The van der Waals surface area contributed by atoms with Crippen molar-refractivity contribution >= 4 is 27.5 Å². The number of nitrogens with one attached hydrogen (secondary N) is 2. The van der Waals surface area contributed by atoms with Gasteiger partial charge in [0, 0.05) is 5.69 Å². The molecule has 0 saturated carbocycles. The van der Waals surface area contributed by atoms with Crippen molar-refractivity contribution in [1.82, 2.24) is 5.32 Å². The Balaban J connectivity index is 2.02. The standard InChI is InChI=1S/C13H16N2O5S/c1-13(5-6-21(19,20)8-13)15-12(18)14-10-4-2-3-9(7-10)11(16)17/h2-4,7H,5-6,8H2,1H3,(H,16,17)(H2,14,15,18). The van der Waals surface area contributed by atoms with E-state index in [0.717, 1.165) is 0 Å². The molecule has 1 saturated heterocycles. The van der Waals surface area contributed by atoms with Crippen LogP contribution in [0.5, 0.6) is 0 Å². The lowest BCUT2D eigenvalue weighted by molar-refractivity contribution is 0.0697. The van der Waals surface area contributed by atoms with Crippen LogP contribution in [-0.4, -0.2) is 42.6 Å². The largest absolute Gasteiger partial charge is 0.478 e. The average molecular weight is 312 g/mol. The molecule has 1 fully saturated rings. The highest BCUT2D eigenvalue weighted by molar-refractivity contribution is 7.91. The van der Waals surface area contributed by atoms with Crippen LogP contribution in [0.2, 0.25) is 0 Å². The summed E-state index contributed by atoms with van der Waals surface area (Å²) in [5.41, 5.74) is -0.410. The molecule has 1 atom stereocenters. The van der Waals surface area contributed by atoms with Crippen LogP contribution in [0.4, 0.5) is 10.5 Å². The minimum Gasteiger partial charge on any atom is -0.478 e. The molecule has 0 aromatic heterocycles. The number of carboxylic acids is 1. The van der Waals surface area contributed by atoms with E-state index in [-0.39, 0.29) is 17.1 Å². The Labute approximate surface area is 122 Å². The van der Waals surface area contributed by atoms with Gasteiger partial charge >= 0.3 is 12.0 Å². The Hall–Kier alpha value is -2.09. The summed E-state index contributed by atoms with van der Waals surface area (Å²) < 4.78 is 22.9. The molecular weight excluding hydrogens is 296 g/mol. The van der Waals surface area contributed by atoms with Gasteiger partial charge in [0.2, 0.25) is 0 Å². The van der Waals surface area contributed by atoms with E-state index in [9.17, 15) is 18.0 Å². The molecule has 21 heavy (non-hydrogen) atoms. The van der Waals surface area contributed by atoms with Gasteiger partial charge in [-0.15, -0.1) is 0 Å². The van der Waals surface area contributed by atoms with Crippen LogP contribution < -0.4 is 10.6 Å². The van der Waals surface area contributed by atoms with E-state index in [1.807, 2.05) is 0 Å². The Bertz CT molecular complexity index is 686. The molecule has 0 bridgehead atoms. The molecule has 1 unspecified atom stereocenters. The van der Waals surface area contributed by atoms with Crippen molar-refractivity contribution in [3.63, 3.8) is 0 Å². The van der Waals surface area contributed by atoms with E-state index >= 15 is 0 Å². The maximum Gasteiger partial charge on any atom is 0.335 e. The lowest BCUT2D eigenvalue weighted by Crippen LogP contribution is -2.48. The SMILES string of the molecule is CC1(NC(=O)Nc2cccc(C(=O)O)c2)CCS(=O)(=O)C1. The van der Waals surface area contributed by atoms with E-state index in [1.165, 1.54) is 18.2 Å². The minimum absolute atomic E-state index is 0.0538. The van der Waals surface area contributed by atoms with Gasteiger partial charge in [-0.2, -0.15) is 0 Å². The van der Waals surface area contributed by atoms with E-state index in [2.05, 4.69) is 10.6 Å². The summed E-state index contributed by atoms with van der Waals surface area (Å²) in [5, 5.41) is 14.0. The number of aromatic carboxylic acids is 1. The third-order valence-corrected chi connectivity index (χ3v) is 5.19. The van der Waals surface area contributed by atoms with Crippen molar-refractivity contribution in [2.45, 2.75) is 18.9 Å². The lowest BCUT2D eigenvalue weighted by Gasteiger charge is -2.24. The zero-order valence-electron chi connectivity index (χ0n) is 11.4. The molecule has 3 N–H and O–H groups in total. The van der Waals surface area contributed by atoms with Crippen molar-refractivity contribution in [3.05, 3.63) is 29.8 Å². The Morgan fingerprint density at radius 2 is 2.05 bits per heavy atom. The van der Waals surface area contributed by atoms with E-state index < -0.39 is 27.4 Å². The maximum absolute atomic E-state index is 11.9. The molecule has 0 aliphatic carbocycles. The first kappa shape index (κ1) is 15.3. The molecule has 8 heteroatoms. The molecule has 1 heterocycles. The van der Waals surface area contributed by atoms with Crippen molar-refractivity contribution in [1.29, 1.82) is 0 Å². The second kappa shape index (κ2) is 5.36. The van der Waals surface area contributed by atoms with Gasteiger partial charge in [-0.1, -0.05) is 6.07 Å². The molecule has 2 amide bonds. The second-order valence-electron chi connectivity index (χ2n) is 5.37. The molecule has 1 aromatic carbocycles. The molecule has 0 radical (unpaired) electrons. The van der Waals surface area contributed by atoms with Gasteiger partial charge < -0.3 is 15.7 Å². The highest BCUT2D eigenvalue weighted by Crippen LogP contribution is 2.23. The fourth-order valence-corrected chi connectivity index (χ4v) is 4.37. The number of urea groups is 1. The van der Waals surface area contributed by atoms with Crippen LogP contribution in [0, 0.1) is 0 Å². The third kappa shape index (κ3) is 3.94. The molecular formula is C13H16N2O5S. The van der Waals surface area contributed by atoms with Crippen molar-refractivity contribution in [2.75, 3.05) is 16.8 Å². The van der Waals surface area contributed by atoms with E-state index in [1.54, 1.807) is 13.0 Å². The summed E-state index contributed by atoms with van der Waals surface area (Å²) in [4.78, 5) is 22.7. The van der Waals surface area contributed by atoms with Crippen molar-refractivity contribution in [3.8, 4) is 0 Å². The number of benzene rings is 1. The molecule has 2 rings (SSSR count). The zero-order valence-corrected chi connectivity index (χ0v) is 12.2. The summed E-state index contributed by atoms with van der Waals surface area (Å²) in [6, 6.07) is 5.25. The summed E-state index contributed by atoms with van der Waals surface area (Å²) >= 11 is 0. The minimum atomic E-state index is -3.11. The maximum atomic E-state index is 11.9. The van der Waals surface area contributed by atoms with Gasteiger partial charge in [-0.3, -0.25) is 0 Å². The summed E-state index contributed by atoms with van der Waals surface area (Å²) in [7, 11) is -3.11. The number of amides is 2. The first-order valence-electron chi connectivity index (χ1n) is 6.32. The van der Waals surface area contributed by atoms with Gasteiger partial charge in [0.25, 0.3) is 0 Å². The van der Waals surface area contributed by atoms with Gasteiger partial charge in [0.15, 0.2) is 9.84 Å². The number of rotatable bonds is 3. The first-order chi connectivity index (χ1) is 9.69. The molecule has 1 aromatic rings. The van der Waals surface area contributed by atoms with Gasteiger partial charge in [-0.25, -0.2) is 18.0 Å². The Morgan fingerprint density at radius 1 is 1.33 bits per heavy atom. The van der Waals surface area contributed by atoms with E-state index in [4.69, 9.17) is 5.11 Å². The number of sulfone groups is 1.